The van der Waals surface area contributed by atoms with E-state index in [9.17, 15) is 4.79 Å². The highest BCUT2D eigenvalue weighted by atomic mass is 16.1. The lowest BCUT2D eigenvalue weighted by atomic mass is 10.1. The molecular weight excluding hydrogens is 372 g/mol. The maximum absolute atomic E-state index is 12.6. The van der Waals surface area contributed by atoms with Gasteiger partial charge in [-0.2, -0.15) is 0 Å². The second-order valence-electron chi connectivity index (χ2n) is 7.80. The highest BCUT2D eigenvalue weighted by Crippen LogP contribution is 2.19. The Labute approximate surface area is 178 Å². The molecule has 1 fully saturated rings. The molecule has 0 saturated carbocycles. The molecule has 5 nitrogen and oxygen atoms in total. The largest absolute Gasteiger partial charge is 0.356 e. The second kappa shape index (κ2) is 9.57. The van der Waals surface area contributed by atoms with Crippen LogP contribution < -0.4 is 10.6 Å². The highest BCUT2D eigenvalue weighted by molar-refractivity contribution is 6.04. The Morgan fingerprint density at radius 1 is 0.767 bits per heavy atom. The molecule has 2 N–H and O–H groups in total. The standard InChI is InChI=1S/C25H28N4O/c1-28-15-17-29(18-16-28)19-20-7-9-21(10-8-20)25(30)27-24-13-11-23(12-14-24)26-22-5-3-2-4-6-22/h2-14,26H,15-19H2,1H3,(H,27,30). The van der Waals surface area contributed by atoms with Crippen LogP contribution in [0.2, 0.25) is 0 Å². The molecule has 0 spiro atoms. The Bertz CT molecular complexity index is 947. The maximum atomic E-state index is 12.6. The number of benzene rings is 3. The number of para-hydroxylation sites is 1. The first-order valence-electron chi connectivity index (χ1n) is 10.4. The number of rotatable bonds is 6. The zero-order valence-corrected chi connectivity index (χ0v) is 17.3. The average molecular weight is 401 g/mol. The molecule has 0 radical (unpaired) electrons. The first-order chi connectivity index (χ1) is 14.7. The minimum absolute atomic E-state index is 0.0927. The maximum Gasteiger partial charge on any atom is 0.255 e. The monoisotopic (exact) mass is 400 g/mol. The van der Waals surface area contributed by atoms with Crippen molar-refractivity contribution >= 4 is 23.0 Å². The fourth-order valence-corrected chi connectivity index (χ4v) is 3.55. The molecule has 0 aromatic heterocycles. The van der Waals surface area contributed by atoms with E-state index in [1.165, 1.54) is 5.56 Å². The summed E-state index contributed by atoms with van der Waals surface area (Å²) in [4.78, 5) is 17.4. The number of likely N-dealkylation sites (N-methyl/N-ethyl adjacent to an activating group) is 1. The third-order valence-corrected chi connectivity index (χ3v) is 5.42. The number of carbonyl (C=O) groups excluding carboxylic acids is 1. The molecule has 0 aliphatic carbocycles. The highest BCUT2D eigenvalue weighted by Gasteiger charge is 2.14. The van der Waals surface area contributed by atoms with Crippen molar-refractivity contribution in [3.63, 3.8) is 0 Å². The second-order valence-corrected chi connectivity index (χ2v) is 7.80. The van der Waals surface area contributed by atoms with Crippen molar-refractivity contribution in [2.75, 3.05) is 43.9 Å². The molecule has 154 valence electrons. The van der Waals surface area contributed by atoms with Crippen LogP contribution in [0.5, 0.6) is 0 Å². The molecule has 1 amide bonds. The van der Waals surface area contributed by atoms with Gasteiger partial charge in [0.2, 0.25) is 0 Å². The molecule has 5 heteroatoms. The van der Waals surface area contributed by atoms with Gasteiger partial charge < -0.3 is 15.5 Å². The van der Waals surface area contributed by atoms with Gasteiger partial charge in [0.05, 0.1) is 0 Å². The fourth-order valence-electron chi connectivity index (χ4n) is 3.55. The molecule has 1 saturated heterocycles. The van der Waals surface area contributed by atoms with E-state index in [-0.39, 0.29) is 5.91 Å². The number of hydrogen-bond acceptors (Lipinski definition) is 4. The Morgan fingerprint density at radius 2 is 1.37 bits per heavy atom. The molecule has 1 aliphatic heterocycles. The molecule has 1 aliphatic rings. The molecule has 3 aromatic carbocycles. The van der Waals surface area contributed by atoms with Gasteiger partial charge in [0.15, 0.2) is 0 Å². The van der Waals surface area contributed by atoms with Gasteiger partial charge in [-0.25, -0.2) is 0 Å². The van der Waals surface area contributed by atoms with Crippen molar-refractivity contribution in [3.05, 3.63) is 90.0 Å². The van der Waals surface area contributed by atoms with Crippen LogP contribution in [0.1, 0.15) is 15.9 Å². The van der Waals surface area contributed by atoms with E-state index in [0.717, 1.165) is 49.8 Å². The van der Waals surface area contributed by atoms with Crippen molar-refractivity contribution in [3.8, 4) is 0 Å². The lowest BCUT2D eigenvalue weighted by Crippen LogP contribution is -2.43. The Hall–Kier alpha value is -3.15. The van der Waals surface area contributed by atoms with Crippen molar-refractivity contribution < 1.29 is 4.79 Å². The summed E-state index contributed by atoms with van der Waals surface area (Å²) in [6.45, 7) is 5.34. The normalized spacial score (nSPS) is 15.0. The molecule has 1 heterocycles. The molecule has 0 unspecified atom stereocenters. The lowest BCUT2D eigenvalue weighted by molar-refractivity contribution is 0.102. The van der Waals surface area contributed by atoms with E-state index in [1.54, 1.807) is 0 Å². The molecule has 4 rings (SSSR count). The Kier molecular flexibility index (Phi) is 6.42. The first-order valence-corrected chi connectivity index (χ1v) is 10.4. The number of hydrogen-bond donors (Lipinski definition) is 2. The quantitative estimate of drug-likeness (QED) is 0.643. The number of piperazine rings is 1. The van der Waals surface area contributed by atoms with Crippen LogP contribution in [0.25, 0.3) is 0 Å². The average Bonchev–Trinajstić information content (AvgIpc) is 2.78. The van der Waals surface area contributed by atoms with Gasteiger partial charge in [-0.1, -0.05) is 30.3 Å². The van der Waals surface area contributed by atoms with Gasteiger partial charge in [-0.15, -0.1) is 0 Å². The SMILES string of the molecule is CN1CCN(Cc2ccc(C(=O)Nc3ccc(Nc4ccccc4)cc3)cc2)CC1. The van der Waals surface area contributed by atoms with Crippen molar-refractivity contribution in [1.82, 2.24) is 9.80 Å². The summed E-state index contributed by atoms with van der Waals surface area (Å²) < 4.78 is 0. The molecule has 30 heavy (non-hydrogen) atoms. The summed E-state index contributed by atoms with van der Waals surface area (Å²) in [6, 6.07) is 25.7. The van der Waals surface area contributed by atoms with Crippen molar-refractivity contribution in [2.24, 2.45) is 0 Å². The summed E-state index contributed by atoms with van der Waals surface area (Å²) >= 11 is 0. The summed E-state index contributed by atoms with van der Waals surface area (Å²) in [5.74, 6) is -0.0927. The van der Waals surface area contributed by atoms with E-state index in [4.69, 9.17) is 0 Å². The molecule has 0 bridgehead atoms. The van der Waals surface area contributed by atoms with Crippen LogP contribution in [0, 0.1) is 0 Å². The van der Waals surface area contributed by atoms with Gasteiger partial charge in [-0.3, -0.25) is 9.69 Å². The smallest absolute Gasteiger partial charge is 0.255 e. The van der Waals surface area contributed by atoms with Crippen molar-refractivity contribution in [2.45, 2.75) is 6.54 Å². The van der Waals surface area contributed by atoms with Gasteiger partial charge in [0.25, 0.3) is 5.91 Å². The first kappa shape index (κ1) is 20.1. The van der Waals surface area contributed by atoms with Crippen LogP contribution in [0.4, 0.5) is 17.1 Å². The minimum Gasteiger partial charge on any atom is -0.356 e. The summed E-state index contributed by atoms with van der Waals surface area (Å²) in [7, 11) is 2.16. The number of carbonyl (C=O) groups is 1. The zero-order valence-electron chi connectivity index (χ0n) is 17.3. The lowest BCUT2D eigenvalue weighted by Gasteiger charge is -2.32. The Balaban J connectivity index is 1.31. The van der Waals surface area contributed by atoms with E-state index in [2.05, 4.69) is 39.6 Å². The van der Waals surface area contributed by atoms with Crippen LogP contribution in [-0.4, -0.2) is 48.9 Å². The minimum atomic E-state index is -0.0927. The van der Waals surface area contributed by atoms with E-state index >= 15 is 0 Å². The summed E-state index contributed by atoms with van der Waals surface area (Å²) in [5.41, 5.74) is 4.70. The molecule has 3 aromatic rings. The van der Waals surface area contributed by atoms with E-state index in [1.807, 2.05) is 66.7 Å². The third-order valence-electron chi connectivity index (χ3n) is 5.42. The van der Waals surface area contributed by atoms with Crippen LogP contribution in [0.15, 0.2) is 78.9 Å². The van der Waals surface area contributed by atoms with E-state index < -0.39 is 0 Å². The number of nitrogens with one attached hydrogen (secondary N) is 2. The number of anilines is 3. The molecule has 0 atom stereocenters. The van der Waals surface area contributed by atoms with Crippen LogP contribution >= 0.6 is 0 Å². The molecular formula is C25H28N4O. The summed E-state index contributed by atoms with van der Waals surface area (Å²) in [6.07, 6.45) is 0. The third kappa shape index (κ3) is 5.47. The van der Waals surface area contributed by atoms with E-state index in [0.29, 0.717) is 5.56 Å². The van der Waals surface area contributed by atoms with Gasteiger partial charge in [0, 0.05) is 55.3 Å². The predicted molar refractivity (Wildman–Crippen MR) is 123 cm³/mol. The number of amides is 1. The predicted octanol–water partition coefficient (Wildman–Crippen LogP) is 4.43. The zero-order chi connectivity index (χ0) is 20.8. The van der Waals surface area contributed by atoms with Crippen LogP contribution in [-0.2, 0) is 6.54 Å². The number of nitrogens with zero attached hydrogens (tertiary/aromatic N) is 2. The van der Waals surface area contributed by atoms with Gasteiger partial charge in [0.1, 0.15) is 0 Å². The Morgan fingerprint density at radius 3 is 2.03 bits per heavy atom. The van der Waals surface area contributed by atoms with Crippen molar-refractivity contribution in [1.29, 1.82) is 0 Å². The fraction of sp³-hybridized carbons (Fsp3) is 0.240. The van der Waals surface area contributed by atoms with Gasteiger partial charge in [-0.05, 0) is 61.1 Å². The van der Waals surface area contributed by atoms with Crippen LogP contribution in [0.3, 0.4) is 0 Å². The van der Waals surface area contributed by atoms with Gasteiger partial charge >= 0.3 is 0 Å². The topological polar surface area (TPSA) is 47.6 Å². The summed E-state index contributed by atoms with van der Waals surface area (Å²) in [5, 5.41) is 6.31.